The SMILES string of the molecule is C[C@@H]1C[C@H](C)CN([C@H](c2ccccc2)c2sc3nc(-c4ccco4)nn3c2O)C1. The van der Waals surface area contributed by atoms with Gasteiger partial charge in [0.05, 0.1) is 17.2 Å². The third kappa shape index (κ3) is 3.34. The average Bonchev–Trinajstić information content (AvgIpc) is 3.41. The molecule has 29 heavy (non-hydrogen) atoms. The average molecular weight is 409 g/mol. The van der Waals surface area contributed by atoms with Crippen molar-refractivity contribution in [3.8, 4) is 17.5 Å². The van der Waals surface area contributed by atoms with E-state index in [2.05, 4.69) is 53.1 Å². The molecule has 1 N–H and O–H groups in total. The standard InChI is InChI=1S/C22H24N4O2S/c1-14-11-15(2)13-25(12-14)18(16-7-4-3-5-8-16)19-21(27)26-22(29-19)23-20(24-26)17-9-6-10-28-17/h3-10,14-15,18,27H,11-13H2,1-2H3/t14-,15+,18-/m1/s1. The van der Waals surface area contributed by atoms with Crippen molar-refractivity contribution in [3.05, 3.63) is 59.2 Å². The quantitative estimate of drug-likeness (QED) is 0.524. The summed E-state index contributed by atoms with van der Waals surface area (Å²) in [4.78, 5) is 8.64. The molecule has 150 valence electrons. The first-order chi connectivity index (χ1) is 14.1. The van der Waals surface area contributed by atoms with Gasteiger partial charge in [-0.1, -0.05) is 55.5 Å². The molecule has 0 saturated carbocycles. The normalized spacial score (nSPS) is 21.6. The molecule has 0 unspecified atom stereocenters. The Morgan fingerprint density at radius 2 is 1.86 bits per heavy atom. The van der Waals surface area contributed by atoms with Crippen molar-refractivity contribution in [2.45, 2.75) is 26.3 Å². The van der Waals surface area contributed by atoms with Crippen LogP contribution in [0.25, 0.3) is 16.5 Å². The van der Waals surface area contributed by atoms with E-state index in [0.717, 1.165) is 18.0 Å². The third-order valence-corrected chi connectivity index (χ3v) is 6.64. The Balaban J connectivity index is 1.59. The smallest absolute Gasteiger partial charge is 0.230 e. The lowest BCUT2D eigenvalue weighted by Gasteiger charge is -2.40. The van der Waals surface area contributed by atoms with Crippen LogP contribution in [0, 0.1) is 11.8 Å². The Hall–Kier alpha value is -2.64. The molecule has 7 heteroatoms. The zero-order valence-electron chi connectivity index (χ0n) is 16.5. The monoisotopic (exact) mass is 408 g/mol. The molecule has 3 atom stereocenters. The third-order valence-electron chi connectivity index (χ3n) is 5.57. The molecule has 1 aliphatic rings. The summed E-state index contributed by atoms with van der Waals surface area (Å²) in [6, 6.07) is 14.0. The topological polar surface area (TPSA) is 66.8 Å². The Kier molecular flexibility index (Phi) is 4.64. The maximum Gasteiger partial charge on any atom is 0.230 e. The number of likely N-dealkylation sites (tertiary alicyclic amines) is 1. The molecule has 1 fully saturated rings. The summed E-state index contributed by atoms with van der Waals surface area (Å²) in [5.41, 5.74) is 1.18. The van der Waals surface area contributed by atoms with E-state index in [0.29, 0.717) is 28.4 Å². The molecule has 1 aliphatic heterocycles. The van der Waals surface area contributed by atoms with Crippen LogP contribution >= 0.6 is 11.3 Å². The second-order valence-corrected chi connectivity index (χ2v) is 9.12. The summed E-state index contributed by atoms with van der Waals surface area (Å²) in [6.07, 6.45) is 2.84. The molecule has 0 spiro atoms. The van der Waals surface area contributed by atoms with Gasteiger partial charge in [-0.05, 0) is 36.0 Å². The number of hydrogen-bond acceptors (Lipinski definition) is 6. The number of furan rings is 1. The summed E-state index contributed by atoms with van der Waals surface area (Å²) in [6.45, 7) is 6.63. The second kappa shape index (κ2) is 7.31. The van der Waals surface area contributed by atoms with Gasteiger partial charge in [0.2, 0.25) is 16.7 Å². The van der Waals surface area contributed by atoms with E-state index in [1.807, 2.05) is 12.1 Å². The Labute approximate surface area is 173 Å². The maximum atomic E-state index is 11.1. The molecule has 3 aromatic heterocycles. The first-order valence-corrected chi connectivity index (χ1v) is 10.8. The van der Waals surface area contributed by atoms with E-state index in [9.17, 15) is 5.11 Å². The van der Waals surface area contributed by atoms with Gasteiger partial charge in [-0.15, -0.1) is 5.10 Å². The fourth-order valence-corrected chi connectivity index (χ4v) is 5.64. The maximum absolute atomic E-state index is 11.1. The number of aromatic nitrogens is 3. The van der Waals surface area contributed by atoms with Crippen LogP contribution in [-0.2, 0) is 0 Å². The van der Waals surface area contributed by atoms with Crippen LogP contribution in [0.2, 0.25) is 0 Å². The minimum atomic E-state index is -0.0121. The molecular weight excluding hydrogens is 384 g/mol. The molecule has 1 saturated heterocycles. The first-order valence-electron chi connectivity index (χ1n) is 10.0. The molecular formula is C22H24N4O2S. The zero-order chi connectivity index (χ0) is 20.0. The largest absolute Gasteiger partial charge is 0.492 e. The molecule has 4 heterocycles. The summed E-state index contributed by atoms with van der Waals surface area (Å²) in [7, 11) is 0. The molecule has 0 amide bonds. The Bertz CT molecular complexity index is 1090. The van der Waals surface area contributed by atoms with E-state index in [-0.39, 0.29) is 11.9 Å². The van der Waals surface area contributed by atoms with Gasteiger partial charge >= 0.3 is 0 Å². The number of fused-ring (bicyclic) bond motifs is 1. The highest BCUT2D eigenvalue weighted by Gasteiger charge is 2.33. The fourth-order valence-electron chi connectivity index (χ4n) is 4.52. The van der Waals surface area contributed by atoms with E-state index in [1.165, 1.54) is 27.8 Å². The van der Waals surface area contributed by atoms with Crippen LogP contribution in [-0.4, -0.2) is 37.7 Å². The van der Waals surface area contributed by atoms with Crippen LogP contribution in [0.5, 0.6) is 5.88 Å². The molecule has 0 bridgehead atoms. The van der Waals surface area contributed by atoms with Crippen molar-refractivity contribution in [1.82, 2.24) is 19.5 Å². The summed E-state index contributed by atoms with van der Waals surface area (Å²) in [5.74, 6) is 2.49. The van der Waals surface area contributed by atoms with Gasteiger partial charge < -0.3 is 9.52 Å². The van der Waals surface area contributed by atoms with E-state index < -0.39 is 0 Å². The van der Waals surface area contributed by atoms with Crippen molar-refractivity contribution >= 4 is 16.3 Å². The number of aromatic hydroxyl groups is 1. The first kappa shape index (κ1) is 18.4. The molecule has 6 nitrogen and oxygen atoms in total. The van der Waals surface area contributed by atoms with Crippen LogP contribution in [0.4, 0.5) is 0 Å². The van der Waals surface area contributed by atoms with Crippen molar-refractivity contribution in [1.29, 1.82) is 0 Å². The highest BCUT2D eigenvalue weighted by atomic mass is 32.1. The van der Waals surface area contributed by atoms with Crippen LogP contribution in [0.3, 0.4) is 0 Å². The van der Waals surface area contributed by atoms with Crippen LogP contribution < -0.4 is 0 Å². The number of nitrogens with zero attached hydrogens (tertiary/aromatic N) is 4. The van der Waals surface area contributed by atoms with Gasteiger partial charge in [0, 0.05) is 13.1 Å². The number of rotatable bonds is 4. The van der Waals surface area contributed by atoms with Gasteiger partial charge in [-0.25, -0.2) is 0 Å². The lowest BCUT2D eigenvalue weighted by molar-refractivity contribution is 0.112. The molecule has 0 radical (unpaired) electrons. The van der Waals surface area contributed by atoms with Crippen molar-refractivity contribution < 1.29 is 9.52 Å². The Morgan fingerprint density at radius 1 is 1.10 bits per heavy atom. The molecule has 1 aromatic carbocycles. The highest BCUT2D eigenvalue weighted by molar-refractivity contribution is 7.17. The summed E-state index contributed by atoms with van der Waals surface area (Å²) in [5, 5.41) is 15.6. The van der Waals surface area contributed by atoms with E-state index >= 15 is 0 Å². The summed E-state index contributed by atoms with van der Waals surface area (Å²) < 4.78 is 6.93. The number of hydrogen-bond donors (Lipinski definition) is 1. The molecule has 5 rings (SSSR count). The second-order valence-electron chi connectivity index (χ2n) is 8.11. The predicted molar refractivity (Wildman–Crippen MR) is 113 cm³/mol. The zero-order valence-corrected chi connectivity index (χ0v) is 17.3. The minimum absolute atomic E-state index is 0.0121. The van der Waals surface area contributed by atoms with Gasteiger partial charge in [0.1, 0.15) is 0 Å². The Morgan fingerprint density at radius 3 is 2.52 bits per heavy atom. The molecule has 4 aromatic rings. The van der Waals surface area contributed by atoms with Crippen LogP contribution in [0.15, 0.2) is 53.1 Å². The van der Waals surface area contributed by atoms with Crippen molar-refractivity contribution in [2.24, 2.45) is 11.8 Å². The van der Waals surface area contributed by atoms with Crippen LogP contribution in [0.1, 0.15) is 36.8 Å². The van der Waals surface area contributed by atoms with Gasteiger partial charge in [-0.2, -0.15) is 9.50 Å². The minimum Gasteiger partial charge on any atom is -0.492 e. The lowest BCUT2D eigenvalue weighted by atomic mass is 9.89. The number of thiazole rings is 1. The van der Waals surface area contributed by atoms with Gasteiger partial charge in [0.15, 0.2) is 5.76 Å². The number of benzene rings is 1. The predicted octanol–water partition coefficient (Wildman–Crippen LogP) is 4.82. The lowest BCUT2D eigenvalue weighted by Crippen LogP contribution is -2.41. The number of piperidine rings is 1. The fraction of sp³-hybridized carbons (Fsp3) is 0.364. The van der Waals surface area contributed by atoms with Gasteiger partial charge in [0.25, 0.3) is 0 Å². The van der Waals surface area contributed by atoms with E-state index in [4.69, 9.17) is 4.42 Å². The van der Waals surface area contributed by atoms with Crippen molar-refractivity contribution in [3.63, 3.8) is 0 Å². The van der Waals surface area contributed by atoms with E-state index in [1.54, 1.807) is 12.3 Å². The summed E-state index contributed by atoms with van der Waals surface area (Å²) >= 11 is 1.50. The van der Waals surface area contributed by atoms with Crippen molar-refractivity contribution in [2.75, 3.05) is 13.1 Å². The molecule has 0 aliphatic carbocycles. The van der Waals surface area contributed by atoms with Gasteiger partial charge in [-0.3, -0.25) is 4.90 Å². The highest BCUT2D eigenvalue weighted by Crippen LogP contribution is 2.42.